The molecule has 0 aliphatic carbocycles. The van der Waals surface area contributed by atoms with Gasteiger partial charge in [-0.2, -0.15) is 0 Å². The van der Waals surface area contributed by atoms with Crippen LogP contribution in [0.15, 0.2) is 10.3 Å². The SMILES string of the molecule is CCCC1=CS1. The molecular weight excluding hydrogens is 92.1 g/mol. The highest BCUT2D eigenvalue weighted by Crippen LogP contribution is 2.37. The van der Waals surface area contributed by atoms with Gasteiger partial charge in [-0.1, -0.05) is 13.3 Å². The van der Waals surface area contributed by atoms with E-state index in [1.165, 1.54) is 12.8 Å². The van der Waals surface area contributed by atoms with Gasteiger partial charge < -0.3 is 0 Å². The van der Waals surface area contributed by atoms with Crippen molar-refractivity contribution in [2.75, 3.05) is 0 Å². The van der Waals surface area contributed by atoms with Crippen molar-refractivity contribution < 1.29 is 0 Å². The van der Waals surface area contributed by atoms with Crippen molar-refractivity contribution in [3.8, 4) is 0 Å². The second kappa shape index (κ2) is 1.69. The van der Waals surface area contributed by atoms with Crippen LogP contribution < -0.4 is 0 Å². The molecule has 0 atom stereocenters. The first kappa shape index (κ1) is 4.25. The zero-order chi connectivity index (χ0) is 4.41. The van der Waals surface area contributed by atoms with Crippen molar-refractivity contribution >= 4 is 11.8 Å². The number of hydrogen-bond acceptors (Lipinski definition) is 1. The highest BCUT2D eigenvalue weighted by atomic mass is 32.2. The third-order valence-corrected chi connectivity index (χ3v) is 1.55. The molecule has 0 unspecified atom stereocenters. The van der Waals surface area contributed by atoms with E-state index in [1.807, 2.05) is 11.8 Å². The van der Waals surface area contributed by atoms with Gasteiger partial charge in [0.05, 0.1) is 0 Å². The summed E-state index contributed by atoms with van der Waals surface area (Å²) in [6, 6.07) is 0. The fraction of sp³-hybridized carbons (Fsp3) is 0.600. The van der Waals surface area contributed by atoms with Crippen molar-refractivity contribution in [3.63, 3.8) is 0 Å². The van der Waals surface area contributed by atoms with Gasteiger partial charge in [-0.15, -0.1) is 11.8 Å². The first-order valence-electron chi connectivity index (χ1n) is 2.29. The molecule has 0 aromatic rings. The molecule has 34 valence electrons. The van der Waals surface area contributed by atoms with Crippen molar-refractivity contribution in [1.82, 2.24) is 0 Å². The predicted octanol–water partition coefficient (Wildman–Crippen LogP) is 2.37. The Bertz CT molecular complexity index is 74.0. The first-order valence-corrected chi connectivity index (χ1v) is 3.17. The number of hydrogen-bond donors (Lipinski definition) is 0. The van der Waals surface area contributed by atoms with Crippen LogP contribution in [0.1, 0.15) is 19.8 Å². The lowest BCUT2D eigenvalue weighted by atomic mass is 10.3. The molecular formula is C5H8S. The maximum absolute atomic E-state index is 2.21. The Balaban J connectivity index is 2.02. The van der Waals surface area contributed by atoms with E-state index in [2.05, 4.69) is 12.3 Å². The fourth-order valence-electron chi connectivity index (χ4n) is 0.406. The minimum absolute atomic E-state index is 1.30. The molecule has 0 amide bonds. The summed E-state index contributed by atoms with van der Waals surface area (Å²) in [5.41, 5.74) is 0. The summed E-state index contributed by atoms with van der Waals surface area (Å²) in [4.78, 5) is 1.58. The molecule has 1 aliphatic heterocycles. The van der Waals surface area contributed by atoms with Crippen LogP contribution in [-0.2, 0) is 0 Å². The zero-order valence-corrected chi connectivity index (χ0v) is 4.72. The second-order valence-corrected chi connectivity index (χ2v) is 2.45. The number of rotatable bonds is 2. The summed E-state index contributed by atoms with van der Waals surface area (Å²) < 4.78 is 0. The summed E-state index contributed by atoms with van der Waals surface area (Å²) in [5.74, 6) is 0. The lowest BCUT2D eigenvalue weighted by molar-refractivity contribution is 0.956. The molecule has 0 radical (unpaired) electrons. The summed E-state index contributed by atoms with van der Waals surface area (Å²) in [6.45, 7) is 2.21. The Hall–Kier alpha value is 0.0900. The van der Waals surface area contributed by atoms with Gasteiger partial charge in [-0.25, -0.2) is 0 Å². The summed E-state index contributed by atoms with van der Waals surface area (Å²) in [6.07, 6.45) is 2.61. The minimum Gasteiger partial charge on any atom is -0.101 e. The van der Waals surface area contributed by atoms with Gasteiger partial charge in [-0.3, -0.25) is 0 Å². The number of allylic oxidation sites excluding steroid dienone is 1. The van der Waals surface area contributed by atoms with Crippen LogP contribution in [0.25, 0.3) is 0 Å². The third kappa shape index (κ3) is 1.05. The smallest absolute Gasteiger partial charge is 0.00418 e. The van der Waals surface area contributed by atoms with Crippen LogP contribution in [-0.4, -0.2) is 0 Å². The minimum atomic E-state index is 1.30. The Morgan fingerprint density at radius 1 is 1.83 bits per heavy atom. The lowest BCUT2D eigenvalue weighted by Gasteiger charge is -1.77. The van der Waals surface area contributed by atoms with Crippen LogP contribution in [0, 0.1) is 0 Å². The Morgan fingerprint density at radius 2 is 2.50 bits per heavy atom. The maximum atomic E-state index is 2.21. The molecule has 1 rings (SSSR count). The van der Waals surface area contributed by atoms with Gasteiger partial charge >= 0.3 is 0 Å². The van der Waals surface area contributed by atoms with Crippen LogP contribution in [0.4, 0.5) is 0 Å². The zero-order valence-electron chi connectivity index (χ0n) is 3.90. The molecule has 0 aromatic carbocycles. The molecule has 6 heavy (non-hydrogen) atoms. The fourth-order valence-corrected chi connectivity index (χ4v) is 0.929. The molecule has 1 aliphatic rings. The van der Waals surface area contributed by atoms with Gasteiger partial charge in [0.1, 0.15) is 0 Å². The first-order chi connectivity index (χ1) is 2.93. The topological polar surface area (TPSA) is 0 Å². The maximum Gasteiger partial charge on any atom is -0.00418 e. The molecule has 0 nitrogen and oxygen atoms in total. The molecule has 0 bridgehead atoms. The normalized spacial score (nSPS) is 17.2. The van der Waals surface area contributed by atoms with E-state index >= 15 is 0 Å². The molecule has 0 N–H and O–H groups in total. The molecule has 0 fully saturated rings. The monoisotopic (exact) mass is 100 g/mol. The van der Waals surface area contributed by atoms with Crippen molar-refractivity contribution in [2.24, 2.45) is 0 Å². The lowest BCUT2D eigenvalue weighted by Crippen LogP contribution is -1.57. The second-order valence-electron chi connectivity index (χ2n) is 1.45. The van der Waals surface area contributed by atoms with Gasteiger partial charge in [0.2, 0.25) is 0 Å². The number of thioether (sulfide) groups is 1. The molecule has 0 saturated heterocycles. The third-order valence-electron chi connectivity index (χ3n) is 0.781. The summed E-state index contributed by atoms with van der Waals surface area (Å²) in [5, 5.41) is 2.21. The van der Waals surface area contributed by atoms with E-state index in [4.69, 9.17) is 0 Å². The Labute approximate surface area is 42.6 Å². The molecule has 1 heterocycles. The van der Waals surface area contributed by atoms with Gasteiger partial charge in [-0.05, 0) is 16.7 Å². The summed E-state index contributed by atoms with van der Waals surface area (Å²) >= 11 is 1.88. The van der Waals surface area contributed by atoms with Crippen molar-refractivity contribution in [2.45, 2.75) is 19.8 Å². The average Bonchev–Trinajstić information content (AvgIpc) is 2.21. The standard InChI is InChI=1S/C5H8S/c1-2-3-5-4-6-5/h4H,2-3H2,1H3. The largest absolute Gasteiger partial charge is 0.101 e. The van der Waals surface area contributed by atoms with E-state index in [-0.39, 0.29) is 0 Å². The quantitative estimate of drug-likeness (QED) is 0.513. The van der Waals surface area contributed by atoms with E-state index < -0.39 is 0 Å². The highest BCUT2D eigenvalue weighted by Gasteiger charge is 2.04. The molecule has 1 heteroatoms. The summed E-state index contributed by atoms with van der Waals surface area (Å²) in [7, 11) is 0. The van der Waals surface area contributed by atoms with E-state index in [1.54, 1.807) is 4.91 Å². The van der Waals surface area contributed by atoms with E-state index in [0.29, 0.717) is 0 Å². The van der Waals surface area contributed by atoms with Gasteiger partial charge in [0.15, 0.2) is 0 Å². The van der Waals surface area contributed by atoms with E-state index in [0.717, 1.165) is 0 Å². The highest BCUT2D eigenvalue weighted by molar-refractivity contribution is 8.12. The van der Waals surface area contributed by atoms with Crippen LogP contribution >= 0.6 is 11.8 Å². The van der Waals surface area contributed by atoms with Crippen LogP contribution in [0.2, 0.25) is 0 Å². The van der Waals surface area contributed by atoms with Crippen LogP contribution in [0.3, 0.4) is 0 Å². The Kier molecular flexibility index (Phi) is 1.20. The predicted molar refractivity (Wildman–Crippen MR) is 30.6 cm³/mol. The molecule has 0 saturated carbocycles. The van der Waals surface area contributed by atoms with Gasteiger partial charge in [0.25, 0.3) is 0 Å². The van der Waals surface area contributed by atoms with Crippen molar-refractivity contribution in [1.29, 1.82) is 0 Å². The average molecular weight is 100 g/mol. The van der Waals surface area contributed by atoms with Crippen molar-refractivity contribution in [3.05, 3.63) is 10.3 Å². The van der Waals surface area contributed by atoms with Crippen LogP contribution in [0.5, 0.6) is 0 Å². The molecule has 0 aromatic heterocycles. The van der Waals surface area contributed by atoms with E-state index in [9.17, 15) is 0 Å². The molecule has 0 spiro atoms. The Morgan fingerprint density at radius 3 is 2.67 bits per heavy atom. The van der Waals surface area contributed by atoms with Gasteiger partial charge in [0, 0.05) is 0 Å².